The third-order valence-corrected chi connectivity index (χ3v) is 2.35. The van der Waals surface area contributed by atoms with Gasteiger partial charge in [0, 0.05) is 25.3 Å². The van der Waals surface area contributed by atoms with Crippen molar-refractivity contribution in [3.63, 3.8) is 0 Å². The van der Waals surface area contributed by atoms with Gasteiger partial charge in [0.1, 0.15) is 0 Å². The molecule has 0 saturated heterocycles. The summed E-state index contributed by atoms with van der Waals surface area (Å²) in [5, 5.41) is 11.5. The molecule has 18 heavy (non-hydrogen) atoms. The van der Waals surface area contributed by atoms with Crippen LogP contribution in [0.5, 0.6) is 0 Å². The molecule has 0 fully saturated rings. The summed E-state index contributed by atoms with van der Waals surface area (Å²) in [7, 11) is 0. The van der Waals surface area contributed by atoms with Gasteiger partial charge in [-0.1, -0.05) is 0 Å². The quantitative estimate of drug-likeness (QED) is 0.721. The third kappa shape index (κ3) is 4.55. The zero-order chi connectivity index (χ0) is 13.4. The Morgan fingerprint density at radius 2 is 1.83 bits per heavy atom. The van der Waals surface area contributed by atoms with Crippen molar-refractivity contribution < 1.29 is 19.4 Å². The van der Waals surface area contributed by atoms with E-state index in [0.29, 0.717) is 25.3 Å². The van der Waals surface area contributed by atoms with E-state index in [0.717, 1.165) is 6.42 Å². The Kier molecular flexibility index (Phi) is 5.87. The normalized spacial score (nSPS) is 10.1. The summed E-state index contributed by atoms with van der Waals surface area (Å²) >= 11 is 0. The van der Waals surface area contributed by atoms with Crippen molar-refractivity contribution in [1.29, 1.82) is 0 Å². The van der Waals surface area contributed by atoms with E-state index >= 15 is 0 Å². The minimum Gasteiger partial charge on any atom is -0.478 e. The number of hydrogen-bond donors (Lipinski definition) is 2. The van der Waals surface area contributed by atoms with Crippen molar-refractivity contribution in [3.05, 3.63) is 35.4 Å². The highest BCUT2D eigenvalue weighted by Crippen LogP contribution is 2.04. The van der Waals surface area contributed by atoms with Gasteiger partial charge in [0.05, 0.1) is 5.56 Å². The molecule has 0 unspecified atom stereocenters. The summed E-state index contributed by atoms with van der Waals surface area (Å²) in [5.41, 5.74) is 0.624. The first-order valence-corrected chi connectivity index (χ1v) is 5.84. The van der Waals surface area contributed by atoms with Crippen molar-refractivity contribution in [2.75, 3.05) is 19.8 Å². The first-order chi connectivity index (χ1) is 8.65. The molecule has 0 heterocycles. The number of ether oxygens (including phenoxy) is 1. The zero-order valence-corrected chi connectivity index (χ0v) is 10.3. The summed E-state index contributed by atoms with van der Waals surface area (Å²) in [6, 6.07) is 5.83. The average molecular weight is 251 g/mol. The number of carbonyl (C=O) groups is 2. The van der Waals surface area contributed by atoms with E-state index in [1.807, 2.05) is 6.92 Å². The number of amides is 1. The average Bonchev–Trinajstić information content (AvgIpc) is 2.38. The second kappa shape index (κ2) is 7.45. The highest BCUT2D eigenvalue weighted by Gasteiger charge is 2.06. The molecule has 1 aromatic rings. The van der Waals surface area contributed by atoms with E-state index in [-0.39, 0.29) is 11.5 Å². The first-order valence-electron chi connectivity index (χ1n) is 5.84. The Morgan fingerprint density at radius 3 is 2.39 bits per heavy atom. The lowest BCUT2D eigenvalue weighted by atomic mass is 10.1. The maximum Gasteiger partial charge on any atom is 0.335 e. The fourth-order valence-electron chi connectivity index (χ4n) is 1.39. The van der Waals surface area contributed by atoms with Crippen LogP contribution in [0.25, 0.3) is 0 Å². The van der Waals surface area contributed by atoms with E-state index < -0.39 is 5.97 Å². The largest absolute Gasteiger partial charge is 0.478 e. The van der Waals surface area contributed by atoms with Gasteiger partial charge in [0.15, 0.2) is 0 Å². The van der Waals surface area contributed by atoms with Crippen molar-refractivity contribution in [2.24, 2.45) is 0 Å². The minimum absolute atomic E-state index is 0.169. The summed E-state index contributed by atoms with van der Waals surface area (Å²) in [6.07, 6.45) is 0.757. The van der Waals surface area contributed by atoms with Crippen LogP contribution in [0.2, 0.25) is 0 Å². The number of carboxylic acids is 1. The van der Waals surface area contributed by atoms with Crippen LogP contribution in [-0.4, -0.2) is 36.7 Å². The Labute approximate surface area is 106 Å². The number of carbonyl (C=O) groups excluding carboxylic acids is 1. The van der Waals surface area contributed by atoms with Gasteiger partial charge in [0.25, 0.3) is 5.91 Å². The Hall–Kier alpha value is -1.88. The number of nitrogens with one attached hydrogen (secondary N) is 1. The molecule has 0 aliphatic heterocycles. The van der Waals surface area contributed by atoms with Crippen LogP contribution in [0.15, 0.2) is 24.3 Å². The number of benzene rings is 1. The number of carboxylic acid groups (broad SMARTS) is 1. The molecule has 0 atom stereocenters. The van der Waals surface area contributed by atoms with Gasteiger partial charge in [-0.05, 0) is 37.6 Å². The smallest absolute Gasteiger partial charge is 0.335 e. The maximum absolute atomic E-state index is 11.7. The SMILES string of the molecule is CCOCCCNC(=O)c1ccc(C(=O)O)cc1. The molecule has 5 nitrogen and oxygen atoms in total. The molecule has 98 valence electrons. The summed E-state index contributed by atoms with van der Waals surface area (Å²) in [6.45, 7) is 3.75. The Bertz CT molecular complexity index is 400. The summed E-state index contributed by atoms with van der Waals surface area (Å²) in [5.74, 6) is -1.21. The summed E-state index contributed by atoms with van der Waals surface area (Å²) < 4.78 is 5.15. The number of rotatable bonds is 7. The third-order valence-electron chi connectivity index (χ3n) is 2.35. The second-order valence-corrected chi connectivity index (χ2v) is 3.69. The van der Waals surface area contributed by atoms with Crippen LogP contribution < -0.4 is 5.32 Å². The van der Waals surface area contributed by atoms with E-state index in [1.54, 1.807) is 0 Å². The van der Waals surface area contributed by atoms with Crippen LogP contribution in [0.4, 0.5) is 0 Å². The monoisotopic (exact) mass is 251 g/mol. The van der Waals surface area contributed by atoms with Gasteiger partial charge in [-0.15, -0.1) is 0 Å². The van der Waals surface area contributed by atoms with Crippen LogP contribution in [0, 0.1) is 0 Å². The lowest BCUT2D eigenvalue weighted by molar-refractivity contribution is 0.0696. The van der Waals surface area contributed by atoms with Gasteiger partial charge in [-0.2, -0.15) is 0 Å². The molecule has 1 rings (SSSR count). The highest BCUT2D eigenvalue weighted by molar-refractivity contribution is 5.95. The molecular formula is C13H17NO4. The lowest BCUT2D eigenvalue weighted by Crippen LogP contribution is -2.25. The molecule has 0 spiro atoms. The van der Waals surface area contributed by atoms with Crippen LogP contribution >= 0.6 is 0 Å². The second-order valence-electron chi connectivity index (χ2n) is 3.69. The standard InChI is InChI=1S/C13H17NO4/c1-2-18-9-3-8-14-12(15)10-4-6-11(7-5-10)13(16)17/h4-7H,2-3,8-9H2,1H3,(H,14,15)(H,16,17). The van der Waals surface area contributed by atoms with Crippen molar-refractivity contribution >= 4 is 11.9 Å². The topological polar surface area (TPSA) is 75.6 Å². The van der Waals surface area contributed by atoms with Gasteiger partial charge >= 0.3 is 5.97 Å². The fourth-order valence-corrected chi connectivity index (χ4v) is 1.39. The van der Waals surface area contributed by atoms with E-state index in [1.165, 1.54) is 24.3 Å². The van der Waals surface area contributed by atoms with Crippen molar-refractivity contribution in [2.45, 2.75) is 13.3 Å². The molecule has 1 amide bonds. The predicted octanol–water partition coefficient (Wildman–Crippen LogP) is 1.54. The Morgan fingerprint density at radius 1 is 1.22 bits per heavy atom. The van der Waals surface area contributed by atoms with Gasteiger partial charge in [-0.3, -0.25) is 4.79 Å². The lowest BCUT2D eigenvalue weighted by Gasteiger charge is -2.05. The molecule has 0 aliphatic rings. The molecule has 5 heteroatoms. The first kappa shape index (κ1) is 14.2. The van der Waals surface area contributed by atoms with Crippen LogP contribution in [0.1, 0.15) is 34.1 Å². The Balaban J connectivity index is 2.39. The minimum atomic E-state index is -1.00. The molecule has 1 aromatic carbocycles. The number of aromatic carboxylic acids is 1. The fraction of sp³-hybridized carbons (Fsp3) is 0.385. The van der Waals surface area contributed by atoms with E-state index in [2.05, 4.69) is 5.32 Å². The molecule has 0 aliphatic carbocycles. The van der Waals surface area contributed by atoms with Gasteiger partial charge < -0.3 is 15.2 Å². The van der Waals surface area contributed by atoms with E-state index in [4.69, 9.17) is 9.84 Å². The number of hydrogen-bond acceptors (Lipinski definition) is 3. The van der Waals surface area contributed by atoms with E-state index in [9.17, 15) is 9.59 Å². The summed E-state index contributed by atoms with van der Waals surface area (Å²) in [4.78, 5) is 22.3. The van der Waals surface area contributed by atoms with Crippen molar-refractivity contribution in [1.82, 2.24) is 5.32 Å². The molecule has 0 saturated carbocycles. The van der Waals surface area contributed by atoms with Crippen molar-refractivity contribution in [3.8, 4) is 0 Å². The van der Waals surface area contributed by atoms with Crippen LogP contribution in [-0.2, 0) is 4.74 Å². The predicted molar refractivity (Wildman–Crippen MR) is 66.8 cm³/mol. The molecule has 2 N–H and O–H groups in total. The molecule has 0 aromatic heterocycles. The molecular weight excluding hydrogens is 234 g/mol. The van der Waals surface area contributed by atoms with Crippen LogP contribution in [0.3, 0.4) is 0 Å². The maximum atomic E-state index is 11.7. The zero-order valence-electron chi connectivity index (χ0n) is 10.3. The molecule has 0 radical (unpaired) electrons. The highest BCUT2D eigenvalue weighted by atomic mass is 16.5. The molecule has 0 bridgehead atoms. The van der Waals surface area contributed by atoms with Gasteiger partial charge in [-0.25, -0.2) is 4.79 Å². The van der Waals surface area contributed by atoms with Gasteiger partial charge in [0.2, 0.25) is 0 Å².